The molecule has 1 unspecified atom stereocenters. The second kappa shape index (κ2) is 17.4. The number of unbranched alkanes of at least 4 members (excludes halogenated alkanes) is 14. The van der Waals surface area contributed by atoms with Crippen molar-refractivity contribution < 1.29 is 0 Å². The first-order valence-corrected chi connectivity index (χ1v) is 11.8. The van der Waals surface area contributed by atoms with Crippen molar-refractivity contribution in [2.45, 2.75) is 149 Å². The lowest BCUT2D eigenvalue weighted by Gasteiger charge is -2.32. The van der Waals surface area contributed by atoms with Crippen molar-refractivity contribution in [3.63, 3.8) is 0 Å². The van der Waals surface area contributed by atoms with Crippen LogP contribution in [-0.2, 0) is 0 Å². The Labute approximate surface area is 160 Å². The molecule has 25 heavy (non-hydrogen) atoms. The van der Waals surface area contributed by atoms with Gasteiger partial charge in [0.25, 0.3) is 0 Å². The molecule has 0 saturated carbocycles. The van der Waals surface area contributed by atoms with Crippen LogP contribution in [-0.4, -0.2) is 6.04 Å². The smallest absolute Gasteiger partial charge is 0.00902 e. The molecule has 1 nitrogen and oxygen atoms in total. The molecule has 0 aromatic carbocycles. The van der Waals surface area contributed by atoms with Crippen LogP contribution in [0.4, 0.5) is 0 Å². The quantitative estimate of drug-likeness (QED) is 0.232. The SMILES string of the molecule is CCCCCCCCCCCCCCCC(C)(C)C(N)CCCCC. The summed E-state index contributed by atoms with van der Waals surface area (Å²) in [5.41, 5.74) is 6.76. The molecule has 0 aliphatic heterocycles. The van der Waals surface area contributed by atoms with Gasteiger partial charge in [0.15, 0.2) is 0 Å². The predicted octanol–water partition coefficient (Wildman–Crippen LogP) is 8.40. The molecule has 0 rings (SSSR count). The maximum absolute atomic E-state index is 6.44. The van der Waals surface area contributed by atoms with Crippen molar-refractivity contribution in [2.75, 3.05) is 0 Å². The third kappa shape index (κ3) is 15.9. The van der Waals surface area contributed by atoms with E-state index in [1.54, 1.807) is 0 Å². The van der Waals surface area contributed by atoms with Crippen molar-refractivity contribution in [1.29, 1.82) is 0 Å². The van der Waals surface area contributed by atoms with E-state index in [9.17, 15) is 0 Å². The van der Waals surface area contributed by atoms with Crippen molar-refractivity contribution in [1.82, 2.24) is 0 Å². The van der Waals surface area contributed by atoms with Crippen LogP contribution in [0.5, 0.6) is 0 Å². The lowest BCUT2D eigenvalue weighted by atomic mass is 9.78. The van der Waals surface area contributed by atoms with Crippen LogP contribution in [0.15, 0.2) is 0 Å². The molecular weight excluding hydrogens is 302 g/mol. The monoisotopic (exact) mass is 353 g/mol. The highest BCUT2D eigenvalue weighted by Crippen LogP contribution is 2.29. The van der Waals surface area contributed by atoms with E-state index in [0.717, 1.165) is 0 Å². The summed E-state index contributed by atoms with van der Waals surface area (Å²) in [4.78, 5) is 0. The van der Waals surface area contributed by atoms with E-state index in [-0.39, 0.29) is 0 Å². The molecule has 2 N–H and O–H groups in total. The Morgan fingerprint density at radius 1 is 0.560 bits per heavy atom. The van der Waals surface area contributed by atoms with Crippen molar-refractivity contribution >= 4 is 0 Å². The zero-order valence-electron chi connectivity index (χ0n) is 18.4. The summed E-state index contributed by atoms with van der Waals surface area (Å²) >= 11 is 0. The first kappa shape index (κ1) is 25.0. The predicted molar refractivity (Wildman–Crippen MR) is 116 cm³/mol. The minimum atomic E-state index is 0.325. The van der Waals surface area contributed by atoms with Gasteiger partial charge in [-0.3, -0.25) is 0 Å². The van der Waals surface area contributed by atoms with Gasteiger partial charge in [0.2, 0.25) is 0 Å². The van der Waals surface area contributed by atoms with E-state index < -0.39 is 0 Å². The Bertz CT molecular complexity index is 259. The maximum Gasteiger partial charge on any atom is 0.00902 e. The van der Waals surface area contributed by atoms with Crippen LogP contribution in [0, 0.1) is 5.41 Å². The average Bonchev–Trinajstić information content (AvgIpc) is 2.59. The maximum atomic E-state index is 6.44. The summed E-state index contributed by atoms with van der Waals surface area (Å²) in [5, 5.41) is 0. The van der Waals surface area contributed by atoms with Crippen LogP contribution in [0.2, 0.25) is 0 Å². The normalized spacial score (nSPS) is 13.3. The Kier molecular flexibility index (Phi) is 17.3. The molecule has 0 saturated heterocycles. The second-order valence-electron chi connectivity index (χ2n) is 9.08. The van der Waals surface area contributed by atoms with Gasteiger partial charge in [-0.1, -0.05) is 130 Å². The highest BCUT2D eigenvalue weighted by atomic mass is 14.7. The molecule has 0 aromatic heterocycles. The minimum Gasteiger partial charge on any atom is -0.327 e. The highest BCUT2D eigenvalue weighted by molar-refractivity contribution is 4.81. The molecule has 0 amide bonds. The third-order valence-corrected chi connectivity index (χ3v) is 6.05. The topological polar surface area (TPSA) is 26.0 Å². The minimum absolute atomic E-state index is 0.325. The molecule has 1 atom stereocenters. The van der Waals surface area contributed by atoms with Gasteiger partial charge in [-0.05, 0) is 18.3 Å². The van der Waals surface area contributed by atoms with Gasteiger partial charge in [0, 0.05) is 6.04 Å². The number of nitrogens with two attached hydrogens (primary N) is 1. The molecule has 0 aliphatic carbocycles. The third-order valence-electron chi connectivity index (χ3n) is 6.05. The highest BCUT2D eigenvalue weighted by Gasteiger charge is 2.25. The first-order valence-electron chi connectivity index (χ1n) is 11.8. The Morgan fingerprint density at radius 3 is 1.36 bits per heavy atom. The Balaban J connectivity index is 3.39. The van der Waals surface area contributed by atoms with Crippen LogP contribution in [0.25, 0.3) is 0 Å². The fourth-order valence-corrected chi connectivity index (χ4v) is 3.79. The molecule has 0 spiro atoms. The largest absolute Gasteiger partial charge is 0.327 e. The second-order valence-corrected chi connectivity index (χ2v) is 9.08. The van der Waals surface area contributed by atoms with E-state index in [1.165, 1.54) is 116 Å². The van der Waals surface area contributed by atoms with E-state index >= 15 is 0 Å². The lowest BCUT2D eigenvalue weighted by Crippen LogP contribution is -2.37. The first-order chi connectivity index (χ1) is 12.0. The zero-order valence-corrected chi connectivity index (χ0v) is 18.4. The van der Waals surface area contributed by atoms with Gasteiger partial charge < -0.3 is 5.73 Å². The Morgan fingerprint density at radius 2 is 0.920 bits per heavy atom. The Hall–Kier alpha value is -0.0400. The van der Waals surface area contributed by atoms with E-state index in [0.29, 0.717) is 11.5 Å². The van der Waals surface area contributed by atoms with Gasteiger partial charge in [-0.15, -0.1) is 0 Å². The van der Waals surface area contributed by atoms with Crippen molar-refractivity contribution in [3.05, 3.63) is 0 Å². The number of hydrogen-bond acceptors (Lipinski definition) is 1. The van der Waals surface area contributed by atoms with Gasteiger partial charge in [0.05, 0.1) is 0 Å². The van der Waals surface area contributed by atoms with Crippen molar-refractivity contribution in [2.24, 2.45) is 11.1 Å². The molecule has 152 valence electrons. The summed E-state index contributed by atoms with van der Waals surface area (Å²) in [6.45, 7) is 9.32. The molecule has 0 heterocycles. The molecule has 0 aliphatic rings. The average molecular weight is 354 g/mol. The fourth-order valence-electron chi connectivity index (χ4n) is 3.79. The lowest BCUT2D eigenvalue weighted by molar-refractivity contribution is 0.238. The van der Waals surface area contributed by atoms with Gasteiger partial charge in [-0.25, -0.2) is 0 Å². The van der Waals surface area contributed by atoms with Crippen LogP contribution in [0.1, 0.15) is 143 Å². The van der Waals surface area contributed by atoms with Crippen LogP contribution in [0.3, 0.4) is 0 Å². The summed E-state index contributed by atoms with van der Waals surface area (Å²) in [5.74, 6) is 0. The summed E-state index contributed by atoms with van der Waals surface area (Å²) in [7, 11) is 0. The van der Waals surface area contributed by atoms with Gasteiger partial charge >= 0.3 is 0 Å². The molecule has 0 fully saturated rings. The van der Waals surface area contributed by atoms with Gasteiger partial charge in [0.1, 0.15) is 0 Å². The number of rotatable bonds is 19. The van der Waals surface area contributed by atoms with Crippen LogP contribution >= 0.6 is 0 Å². The summed E-state index contributed by atoms with van der Waals surface area (Å²) < 4.78 is 0. The standard InChI is InChI=1S/C24H51N/c1-5-7-9-10-11-12-13-14-15-16-17-18-20-22-24(3,4)23(25)21-19-8-6-2/h23H,5-22,25H2,1-4H3. The van der Waals surface area contributed by atoms with Gasteiger partial charge in [-0.2, -0.15) is 0 Å². The fraction of sp³-hybridized carbons (Fsp3) is 1.00. The molecule has 1 heteroatoms. The summed E-state index contributed by atoms with van der Waals surface area (Å²) in [6, 6.07) is 0.386. The molecular formula is C24H51N. The zero-order chi connectivity index (χ0) is 18.8. The summed E-state index contributed by atoms with van der Waals surface area (Å²) in [6.07, 6.45) is 25.1. The van der Waals surface area contributed by atoms with Crippen LogP contribution < -0.4 is 5.73 Å². The number of hydrogen-bond donors (Lipinski definition) is 1. The van der Waals surface area contributed by atoms with E-state index in [2.05, 4.69) is 27.7 Å². The van der Waals surface area contributed by atoms with Crippen molar-refractivity contribution in [3.8, 4) is 0 Å². The molecule has 0 aromatic rings. The molecule has 0 radical (unpaired) electrons. The van der Waals surface area contributed by atoms with E-state index in [4.69, 9.17) is 5.73 Å². The van der Waals surface area contributed by atoms with E-state index in [1.807, 2.05) is 0 Å². The molecule has 0 bridgehead atoms.